The summed E-state index contributed by atoms with van der Waals surface area (Å²) in [7, 11) is 0. The van der Waals surface area contributed by atoms with Crippen molar-refractivity contribution in [2.45, 2.75) is 12.5 Å². The number of carbonyl (C=O) groups is 1. The van der Waals surface area contributed by atoms with Crippen molar-refractivity contribution in [3.05, 3.63) is 48.2 Å². The van der Waals surface area contributed by atoms with E-state index in [1.54, 1.807) is 12.3 Å². The molecular weight excluding hydrogens is 230 g/mol. The summed E-state index contributed by atoms with van der Waals surface area (Å²) in [5.41, 5.74) is 2.55. The predicted octanol–water partition coefficient (Wildman–Crippen LogP) is 2.66. The second kappa shape index (κ2) is 4.14. The summed E-state index contributed by atoms with van der Waals surface area (Å²) in [6.45, 7) is 0. The number of aliphatic carboxylic acids is 1. The molecule has 1 N–H and O–H groups in total. The first-order valence-electron chi connectivity index (χ1n) is 5.68. The third-order valence-corrected chi connectivity index (χ3v) is 2.96. The van der Waals surface area contributed by atoms with Gasteiger partial charge in [0.1, 0.15) is 11.9 Å². The van der Waals surface area contributed by atoms with Crippen molar-refractivity contribution in [2.24, 2.45) is 0 Å². The summed E-state index contributed by atoms with van der Waals surface area (Å²) in [5.74, 6) is -0.191. The van der Waals surface area contributed by atoms with Gasteiger partial charge in [0.05, 0.1) is 12.1 Å². The highest BCUT2D eigenvalue weighted by molar-refractivity contribution is 5.74. The Morgan fingerprint density at radius 1 is 1.28 bits per heavy atom. The lowest BCUT2D eigenvalue weighted by Gasteiger charge is -2.26. The number of aromatic nitrogens is 1. The van der Waals surface area contributed by atoms with Crippen molar-refractivity contribution in [3.8, 4) is 17.0 Å². The van der Waals surface area contributed by atoms with Crippen LogP contribution in [0.15, 0.2) is 42.6 Å². The van der Waals surface area contributed by atoms with E-state index in [-0.39, 0.29) is 6.42 Å². The molecule has 4 heteroatoms. The van der Waals surface area contributed by atoms with Crippen LogP contribution >= 0.6 is 0 Å². The fraction of sp³-hybridized carbons (Fsp3) is 0.143. The van der Waals surface area contributed by atoms with Gasteiger partial charge in [0, 0.05) is 17.3 Å². The van der Waals surface area contributed by atoms with E-state index in [1.165, 1.54) is 0 Å². The minimum absolute atomic E-state index is 0.0625. The van der Waals surface area contributed by atoms with Crippen LogP contribution < -0.4 is 4.74 Å². The van der Waals surface area contributed by atoms with E-state index in [4.69, 9.17) is 9.84 Å². The molecule has 3 rings (SSSR count). The first-order chi connectivity index (χ1) is 8.75. The number of ether oxygens (including phenoxy) is 1. The van der Waals surface area contributed by atoms with Gasteiger partial charge in [-0.2, -0.15) is 0 Å². The standard InChI is InChI=1S/C14H11NO3/c16-13(17)8-12-10-5-3-7-15-14(10)9-4-1-2-6-11(9)18-12/h1-7,12H,8H2,(H,16,17). The molecular formula is C14H11NO3. The smallest absolute Gasteiger partial charge is 0.307 e. The average molecular weight is 241 g/mol. The fourth-order valence-electron chi connectivity index (χ4n) is 2.19. The Balaban J connectivity index is 2.13. The Bertz CT molecular complexity index is 609. The zero-order valence-electron chi connectivity index (χ0n) is 9.54. The predicted molar refractivity (Wildman–Crippen MR) is 65.3 cm³/mol. The average Bonchev–Trinajstić information content (AvgIpc) is 2.38. The van der Waals surface area contributed by atoms with Crippen molar-refractivity contribution < 1.29 is 14.6 Å². The topological polar surface area (TPSA) is 59.4 Å². The number of fused-ring (bicyclic) bond motifs is 3. The molecule has 0 fully saturated rings. The zero-order valence-corrected chi connectivity index (χ0v) is 9.54. The number of nitrogens with zero attached hydrogens (tertiary/aromatic N) is 1. The quantitative estimate of drug-likeness (QED) is 0.878. The van der Waals surface area contributed by atoms with Gasteiger partial charge >= 0.3 is 5.97 Å². The van der Waals surface area contributed by atoms with Crippen LogP contribution in [-0.2, 0) is 4.79 Å². The van der Waals surface area contributed by atoms with Crippen LogP contribution in [0.4, 0.5) is 0 Å². The van der Waals surface area contributed by atoms with E-state index in [2.05, 4.69) is 4.98 Å². The first kappa shape index (κ1) is 10.8. The van der Waals surface area contributed by atoms with Gasteiger partial charge in [-0.15, -0.1) is 0 Å². The zero-order chi connectivity index (χ0) is 12.5. The highest BCUT2D eigenvalue weighted by Gasteiger charge is 2.28. The van der Waals surface area contributed by atoms with E-state index in [0.29, 0.717) is 5.75 Å². The van der Waals surface area contributed by atoms with Gasteiger partial charge in [0.25, 0.3) is 0 Å². The molecule has 1 aromatic carbocycles. The van der Waals surface area contributed by atoms with Crippen LogP contribution in [0.25, 0.3) is 11.3 Å². The highest BCUT2D eigenvalue weighted by atomic mass is 16.5. The number of rotatable bonds is 2. The third-order valence-electron chi connectivity index (χ3n) is 2.96. The second-order valence-corrected chi connectivity index (χ2v) is 4.14. The van der Waals surface area contributed by atoms with Crippen molar-refractivity contribution in [1.29, 1.82) is 0 Å². The lowest BCUT2D eigenvalue weighted by molar-refractivity contribution is -0.138. The summed E-state index contributed by atoms with van der Waals surface area (Å²) >= 11 is 0. The lowest BCUT2D eigenvalue weighted by Crippen LogP contribution is -2.18. The maximum Gasteiger partial charge on any atom is 0.307 e. The Morgan fingerprint density at radius 2 is 2.11 bits per heavy atom. The van der Waals surface area contributed by atoms with Crippen molar-refractivity contribution in [1.82, 2.24) is 4.98 Å². The number of pyridine rings is 1. The van der Waals surface area contributed by atoms with Crippen molar-refractivity contribution in [3.63, 3.8) is 0 Å². The Kier molecular flexibility index (Phi) is 2.48. The minimum Gasteiger partial charge on any atom is -0.484 e. The summed E-state index contributed by atoms with van der Waals surface area (Å²) in [6.07, 6.45) is 1.17. The van der Waals surface area contributed by atoms with E-state index >= 15 is 0 Å². The van der Waals surface area contributed by atoms with E-state index in [0.717, 1.165) is 16.8 Å². The van der Waals surface area contributed by atoms with Gasteiger partial charge in [0.2, 0.25) is 0 Å². The molecule has 2 heterocycles. The molecule has 1 atom stereocenters. The molecule has 0 radical (unpaired) electrons. The SMILES string of the molecule is O=C(O)CC1Oc2ccccc2-c2ncccc21. The van der Waals surface area contributed by atoms with Gasteiger partial charge in [-0.3, -0.25) is 9.78 Å². The molecule has 1 aliphatic heterocycles. The van der Waals surface area contributed by atoms with E-state index in [1.807, 2.05) is 30.3 Å². The molecule has 0 aliphatic carbocycles. The number of hydrogen-bond donors (Lipinski definition) is 1. The molecule has 0 spiro atoms. The number of para-hydroxylation sites is 1. The van der Waals surface area contributed by atoms with Gasteiger partial charge < -0.3 is 9.84 Å². The minimum atomic E-state index is -0.880. The lowest BCUT2D eigenvalue weighted by atomic mass is 9.96. The molecule has 90 valence electrons. The summed E-state index contributed by atoms with van der Waals surface area (Å²) in [5, 5.41) is 8.94. The maximum atomic E-state index is 10.9. The number of carboxylic acid groups (broad SMARTS) is 1. The summed E-state index contributed by atoms with van der Waals surface area (Å²) in [4.78, 5) is 15.2. The molecule has 0 bridgehead atoms. The maximum absolute atomic E-state index is 10.9. The first-order valence-corrected chi connectivity index (χ1v) is 5.68. The van der Waals surface area contributed by atoms with E-state index in [9.17, 15) is 4.79 Å². The van der Waals surface area contributed by atoms with Gasteiger partial charge in [-0.1, -0.05) is 18.2 Å². The Hall–Kier alpha value is -2.36. The largest absolute Gasteiger partial charge is 0.484 e. The molecule has 1 unspecified atom stereocenters. The Labute approximate surface area is 104 Å². The van der Waals surface area contributed by atoms with Gasteiger partial charge in [-0.25, -0.2) is 0 Å². The molecule has 1 aromatic heterocycles. The molecule has 1 aliphatic rings. The number of hydrogen-bond acceptors (Lipinski definition) is 3. The monoisotopic (exact) mass is 241 g/mol. The molecule has 0 saturated carbocycles. The van der Waals surface area contributed by atoms with Crippen LogP contribution in [0.2, 0.25) is 0 Å². The molecule has 4 nitrogen and oxygen atoms in total. The van der Waals surface area contributed by atoms with Crippen LogP contribution in [0.3, 0.4) is 0 Å². The van der Waals surface area contributed by atoms with Crippen molar-refractivity contribution in [2.75, 3.05) is 0 Å². The van der Waals surface area contributed by atoms with Gasteiger partial charge in [-0.05, 0) is 18.2 Å². The third kappa shape index (κ3) is 1.72. The van der Waals surface area contributed by atoms with Crippen molar-refractivity contribution >= 4 is 5.97 Å². The highest BCUT2D eigenvalue weighted by Crippen LogP contribution is 2.41. The normalized spacial score (nSPS) is 16.3. The van der Waals surface area contributed by atoms with Crippen LogP contribution in [0, 0.1) is 0 Å². The molecule has 18 heavy (non-hydrogen) atoms. The Morgan fingerprint density at radius 3 is 2.94 bits per heavy atom. The fourth-order valence-corrected chi connectivity index (χ4v) is 2.19. The molecule has 0 saturated heterocycles. The van der Waals surface area contributed by atoms with Crippen LogP contribution in [-0.4, -0.2) is 16.1 Å². The summed E-state index contributed by atoms with van der Waals surface area (Å²) < 4.78 is 5.75. The van der Waals surface area contributed by atoms with Crippen LogP contribution in [0.5, 0.6) is 5.75 Å². The molecule has 2 aromatic rings. The molecule has 0 amide bonds. The van der Waals surface area contributed by atoms with Gasteiger partial charge in [0.15, 0.2) is 0 Å². The number of benzene rings is 1. The summed E-state index contributed by atoms with van der Waals surface area (Å²) in [6, 6.07) is 11.2. The van der Waals surface area contributed by atoms with E-state index < -0.39 is 12.1 Å². The van der Waals surface area contributed by atoms with Crippen LogP contribution in [0.1, 0.15) is 18.1 Å². The number of carboxylic acids is 1. The second-order valence-electron chi connectivity index (χ2n) is 4.14.